The average molecular weight is 339 g/mol. The van der Waals surface area contributed by atoms with Gasteiger partial charge in [-0.05, 0) is 12.1 Å². The van der Waals surface area contributed by atoms with Gasteiger partial charge in [0.1, 0.15) is 17.3 Å². The number of hydrogen-bond donors (Lipinski definition) is 2. The van der Waals surface area contributed by atoms with Crippen molar-refractivity contribution in [1.82, 2.24) is 10.2 Å². The number of aromatic amines is 1. The summed E-state index contributed by atoms with van der Waals surface area (Å²) in [5.41, 5.74) is 1.34. The van der Waals surface area contributed by atoms with Crippen LogP contribution in [0.15, 0.2) is 24.3 Å². The Labute approximate surface area is 133 Å². The van der Waals surface area contributed by atoms with Crippen molar-refractivity contribution in [1.29, 1.82) is 0 Å². The molecule has 2 N–H and O–H groups in total. The number of nitrogens with zero attached hydrogens (tertiary/aromatic N) is 1. The molecule has 0 saturated carbocycles. The maximum atomic E-state index is 11.6. The predicted octanol–water partition coefficient (Wildman–Crippen LogP) is 1.08. The van der Waals surface area contributed by atoms with E-state index in [4.69, 9.17) is 9.47 Å². The minimum atomic E-state index is -3.39. The maximum Gasteiger partial charge on any atom is 0.240 e. The fourth-order valence-corrected chi connectivity index (χ4v) is 2.51. The third kappa shape index (κ3) is 4.46. The van der Waals surface area contributed by atoms with Crippen LogP contribution in [0.5, 0.6) is 11.5 Å². The lowest BCUT2D eigenvalue weighted by Crippen LogP contribution is -2.22. The number of carbonyl (C=O) groups is 1. The van der Waals surface area contributed by atoms with Crippen LogP contribution in [0.2, 0.25) is 0 Å². The van der Waals surface area contributed by atoms with E-state index in [1.165, 1.54) is 7.11 Å². The van der Waals surface area contributed by atoms with Gasteiger partial charge in [-0.2, -0.15) is 5.10 Å². The van der Waals surface area contributed by atoms with Gasteiger partial charge >= 0.3 is 0 Å². The summed E-state index contributed by atoms with van der Waals surface area (Å²) in [6.07, 6.45) is 0.991. The topological polar surface area (TPSA) is 110 Å². The number of benzene rings is 1. The van der Waals surface area contributed by atoms with E-state index in [0.717, 1.165) is 11.8 Å². The van der Waals surface area contributed by atoms with Crippen LogP contribution >= 0.6 is 0 Å². The number of H-pyrrole nitrogens is 1. The number of ether oxygens (including phenoxy) is 2. The van der Waals surface area contributed by atoms with Crippen LogP contribution in [-0.4, -0.2) is 50.8 Å². The first-order valence-corrected chi connectivity index (χ1v) is 8.64. The van der Waals surface area contributed by atoms with E-state index < -0.39 is 21.5 Å². The van der Waals surface area contributed by atoms with E-state index >= 15 is 0 Å². The lowest BCUT2D eigenvalue weighted by Gasteiger charge is -2.08. The van der Waals surface area contributed by atoms with Gasteiger partial charge in [0.05, 0.1) is 19.9 Å². The molecule has 2 rings (SSSR count). The highest BCUT2D eigenvalue weighted by Crippen LogP contribution is 2.32. The molecule has 0 atom stereocenters. The molecule has 0 spiro atoms. The van der Waals surface area contributed by atoms with Crippen molar-refractivity contribution in [3.63, 3.8) is 0 Å². The molecule has 0 radical (unpaired) electrons. The number of aromatic nitrogens is 2. The van der Waals surface area contributed by atoms with Gasteiger partial charge in [-0.3, -0.25) is 9.89 Å². The van der Waals surface area contributed by atoms with E-state index in [-0.39, 0.29) is 5.82 Å². The summed E-state index contributed by atoms with van der Waals surface area (Å²) in [6, 6.07) is 6.86. The molecule has 0 saturated heterocycles. The van der Waals surface area contributed by atoms with Crippen molar-refractivity contribution >= 4 is 21.6 Å². The second-order valence-corrected chi connectivity index (χ2v) is 6.99. The maximum absolute atomic E-state index is 11.6. The zero-order valence-electron chi connectivity index (χ0n) is 12.9. The first-order valence-electron chi connectivity index (χ1n) is 6.58. The molecule has 8 nitrogen and oxygen atoms in total. The van der Waals surface area contributed by atoms with Crippen LogP contribution in [0, 0.1) is 0 Å². The van der Waals surface area contributed by atoms with Gasteiger partial charge < -0.3 is 14.8 Å². The molecule has 0 aliphatic rings. The standard InChI is InChI=1S/C14H17N3O5S/c1-21-9-4-5-10(12(6-9)22-2)11-7-13(17-16-11)15-14(18)8-23(3,19)20/h4-7H,8H2,1-3H3,(H2,15,16,17,18). The number of hydrogen-bond acceptors (Lipinski definition) is 6. The molecule has 0 fully saturated rings. The molecule has 0 unspecified atom stereocenters. The smallest absolute Gasteiger partial charge is 0.240 e. The van der Waals surface area contributed by atoms with Gasteiger partial charge in [0.2, 0.25) is 5.91 Å². The molecule has 23 heavy (non-hydrogen) atoms. The van der Waals surface area contributed by atoms with E-state index in [1.807, 2.05) is 0 Å². The van der Waals surface area contributed by atoms with Crippen molar-refractivity contribution in [2.45, 2.75) is 0 Å². The predicted molar refractivity (Wildman–Crippen MR) is 85.5 cm³/mol. The molecule has 1 aromatic carbocycles. The third-order valence-electron chi connectivity index (χ3n) is 2.94. The third-order valence-corrected chi connectivity index (χ3v) is 3.72. The largest absolute Gasteiger partial charge is 0.497 e. The van der Waals surface area contributed by atoms with Crippen molar-refractivity contribution < 1.29 is 22.7 Å². The Bertz CT molecular complexity index is 814. The minimum absolute atomic E-state index is 0.228. The molecular formula is C14H17N3O5S. The number of anilines is 1. The van der Waals surface area contributed by atoms with Gasteiger partial charge in [-0.25, -0.2) is 8.42 Å². The van der Waals surface area contributed by atoms with E-state index in [0.29, 0.717) is 17.2 Å². The summed E-state index contributed by atoms with van der Waals surface area (Å²) < 4.78 is 32.6. The SMILES string of the molecule is COc1ccc(-c2cc(NC(=O)CS(C)(=O)=O)n[nH]2)c(OC)c1. The monoisotopic (exact) mass is 339 g/mol. The first-order chi connectivity index (χ1) is 10.8. The molecule has 1 heterocycles. The molecule has 0 bridgehead atoms. The molecule has 9 heteroatoms. The van der Waals surface area contributed by atoms with Gasteiger partial charge in [0.25, 0.3) is 0 Å². The molecule has 0 aliphatic heterocycles. The molecule has 1 aromatic heterocycles. The number of carbonyl (C=O) groups excluding carboxylic acids is 1. The Hall–Kier alpha value is -2.55. The van der Waals surface area contributed by atoms with Crippen molar-refractivity contribution in [3.8, 4) is 22.8 Å². The fourth-order valence-electron chi connectivity index (χ4n) is 1.96. The fraction of sp³-hybridized carbons (Fsp3) is 0.286. The highest BCUT2D eigenvalue weighted by molar-refractivity contribution is 7.91. The number of nitrogens with one attached hydrogen (secondary N) is 2. The Morgan fingerprint density at radius 1 is 1.26 bits per heavy atom. The van der Waals surface area contributed by atoms with E-state index in [1.54, 1.807) is 31.4 Å². The molecule has 0 aliphatic carbocycles. The molecule has 124 valence electrons. The second-order valence-electron chi connectivity index (χ2n) is 4.85. The van der Waals surface area contributed by atoms with Crippen LogP contribution in [0.1, 0.15) is 0 Å². The Morgan fingerprint density at radius 3 is 2.61 bits per heavy atom. The lowest BCUT2D eigenvalue weighted by atomic mass is 10.1. The number of amides is 1. The van der Waals surface area contributed by atoms with Gasteiger partial charge in [0, 0.05) is 24.0 Å². The van der Waals surface area contributed by atoms with E-state index in [2.05, 4.69) is 15.5 Å². The average Bonchev–Trinajstić information content (AvgIpc) is 2.92. The van der Waals surface area contributed by atoms with Gasteiger partial charge in [-0.15, -0.1) is 0 Å². The molecule has 1 amide bonds. The van der Waals surface area contributed by atoms with Gasteiger partial charge in [-0.1, -0.05) is 0 Å². The summed E-state index contributed by atoms with van der Waals surface area (Å²) in [5, 5.41) is 9.13. The number of sulfone groups is 1. The first kappa shape index (κ1) is 16.8. The Morgan fingerprint density at radius 2 is 2.00 bits per heavy atom. The second kappa shape index (κ2) is 6.69. The quantitative estimate of drug-likeness (QED) is 0.815. The molecule has 2 aromatic rings. The van der Waals surface area contributed by atoms with Crippen LogP contribution in [-0.2, 0) is 14.6 Å². The van der Waals surface area contributed by atoms with Gasteiger partial charge in [0.15, 0.2) is 15.7 Å². The lowest BCUT2D eigenvalue weighted by molar-refractivity contribution is -0.113. The van der Waals surface area contributed by atoms with Crippen LogP contribution < -0.4 is 14.8 Å². The highest BCUT2D eigenvalue weighted by Gasteiger charge is 2.14. The van der Waals surface area contributed by atoms with Crippen molar-refractivity contribution in [3.05, 3.63) is 24.3 Å². The van der Waals surface area contributed by atoms with Crippen molar-refractivity contribution in [2.75, 3.05) is 31.5 Å². The summed E-state index contributed by atoms with van der Waals surface area (Å²) in [5.74, 6) is 0.202. The number of methoxy groups -OCH3 is 2. The normalized spacial score (nSPS) is 11.1. The van der Waals surface area contributed by atoms with Crippen molar-refractivity contribution in [2.24, 2.45) is 0 Å². The van der Waals surface area contributed by atoms with Crippen LogP contribution in [0.4, 0.5) is 5.82 Å². The van der Waals surface area contributed by atoms with Crippen LogP contribution in [0.3, 0.4) is 0 Å². The highest BCUT2D eigenvalue weighted by atomic mass is 32.2. The zero-order chi connectivity index (χ0) is 17.0. The Kier molecular flexibility index (Phi) is 4.89. The summed E-state index contributed by atoms with van der Waals surface area (Å²) in [4.78, 5) is 11.6. The summed E-state index contributed by atoms with van der Waals surface area (Å²) >= 11 is 0. The van der Waals surface area contributed by atoms with Crippen LogP contribution in [0.25, 0.3) is 11.3 Å². The zero-order valence-corrected chi connectivity index (χ0v) is 13.7. The number of rotatable bonds is 6. The summed E-state index contributed by atoms with van der Waals surface area (Å²) in [7, 11) is -0.304. The summed E-state index contributed by atoms with van der Waals surface area (Å²) in [6.45, 7) is 0. The minimum Gasteiger partial charge on any atom is -0.497 e. The Balaban J connectivity index is 2.21. The van der Waals surface area contributed by atoms with E-state index in [9.17, 15) is 13.2 Å². The molecular weight excluding hydrogens is 322 g/mol.